The molecule has 3 unspecified atom stereocenters. The van der Waals surface area contributed by atoms with Crippen molar-refractivity contribution in [3.05, 3.63) is 0 Å². The first-order valence-electron chi connectivity index (χ1n) is 7.20. The van der Waals surface area contributed by atoms with Crippen LogP contribution < -0.4 is 5.73 Å². The lowest BCUT2D eigenvalue weighted by atomic mass is 9.96. The number of fused-ring (bicyclic) bond motifs is 1. The molecule has 1 aliphatic heterocycles. The Hall–Kier alpha value is -1.43. The Bertz CT molecular complexity index is 413. The molecule has 2 aliphatic rings. The Balaban J connectivity index is 1.70. The molecule has 0 radical (unpaired) electrons. The van der Waals surface area contributed by atoms with Gasteiger partial charge in [0, 0.05) is 6.54 Å². The van der Waals surface area contributed by atoms with E-state index in [0.717, 1.165) is 6.42 Å². The van der Waals surface area contributed by atoms with E-state index in [9.17, 15) is 14.4 Å². The molecule has 112 valence electrons. The molecule has 2 amide bonds. The number of rotatable bonds is 7. The molecule has 1 aliphatic carbocycles. The first-order valence-corrected chi connectivity index (χ1v) is 7.20. The van der Waals surface area contributed by atoms with Gasteiger partial charge in [-0.05, 0) is 39.5 Å². The van der Waals surface area contributed by atoms with Crippen LogP contribution in [0.3, 0.4) is 0 Å². The third kappa shape index (κ3) is 2.85. The predicted octanol–water partition coefficient (Wildman–Crippen LogP) is 0.442. The maximum absolute atomic E-state index is 11.7. The van der Waals surface area contributed by atoms with Crippen LogP contribution in [0.15, 0.2) is 0 Å². The summed E-state index contributed by atoms with van der Waals surface area (Å²) in [6, 6.07) is 0. The van der Waals surface area contributed by atoms with Gasteiger partial charge in [-0.1, -0.05) is 0 Å². The van der Waals surface area contributed by atoms with Gasteiger partial charge in [0.15, 0.2) is 0 Å². The number of nitrogens with two attached hydrogens (primary N) is 1. The molecular formula is C14H22N2O4. The number of likely N-dealkylation sites (tertiary alicyclic amines) is 1. The van der Waals surface area contributed by atoms with Gasteiger partial charge >= 0.3 is 5.97 Å². The predicted molar refractivity (Wildman–Crippen MR) is 71.4 cm³/mol. The number of hydrogen-bond donors (Lipinski definition) is 1. The number of carbonyl (C=O) groups is 3. The summed E-state index contributed by atoms with van der Waals surface area (Å²) < 4.78 is 4.91. The Kier molecular flexibility index (Phi) is 4.13. The van der Waals surface area contributed by atoms with Crippen molar-refractivity contribution >= 4 is 17.8 Å². The Morgan fingerprint density at radius 3 is 2.50 bits per heavy atom. The zero-order chi connectivity index (χ0) is 14.9. The largest absolute Gasteiger partial charge is 0.465 e. The van der Waals surface area contributed by atoms with Crippen molar-refractivity contribution in [1.29, 1.82) is 0 Å². The monoisotopic (exact) mass is 282 g/mol. The Labute approximate surface area is 118 Å². The normalized spacial score (nSPS) is 27.2. The number of esters is 1. The molecule has 0 aromatic rings. The fraction of sp³-hybridized carbons (Fsp3) is 0.786. The van der Waals surface area contributed by atoms with Gasteiger partial charge in [0.2, 0.25) is 11.8 Å². The highest BCUT2D eigenvalue weighted by Crippen LogP contribution is 2.46. The van der Waals surface area contributed by atoms with Crippen LogP contribution in [0.2, 0.25) is 0 Å². The van der Waals surface area contributed by atoms with Gasteiger partial charge < -0.3 is 10.5 Å². The Morgan fingerprint density at radius 2 is 1.95 bits per heavy atom. The van der Waals surface area contributed by atoms with Crippen molar-refractivity contribution in [3.8, 4) is 0 Å². The van der Waals surface area contributed by atoms with E-state index in [-0.39, 0.29) is 23.7 Å². The van der Waals surface area contributed by atoms with Gasteiger partial charge in [-0.2, -0.15) is 0 Å². The molecule has 2 rings (SSSR count). The number of unbranched alkanes of at least 4 members (excludes halogenated alkanes) is 1. The lowest BCUT2D eigenvalue weighted by Gasteiger charge is -2.22. The molecule has 6 nitrogen and oxygen atoms in total. The second kappa shape index (κ2) is 5.52. The van der Waals surface area contributed by atoms with Gasteiger partial charge in [0.25, 0.3) is 0 Å². The zero-order valence-corrected chi connectivity index (χ0v) is 12.1. The van der Waals surface area contributed by atoms with Crippen molar-refractivity contribution in [2.24, 2.45) is 17.6 Å². The standard InChI is InChI=1S/C14H22N2O4/c1-3-20-13(19)14(2,15)6-4-5-7-16-11(17)9-8-10(9)12(16)18/h9-10H,3-8,15H2,1-2H3. The zero-order valence-electron chi connectivity index (χ0n) is 12.1. The van der Waals surface area contributed by atoms with Crippen LogP contribution >= 0.6 is 0 Å². The lowest BCUT2D eigenvalue weighted by molar-refractivity contribution is -0.149. The van der Waals surface area contributed by atoms with Crippen LogP contribution in [0.1, 0.15) is 39.5 Å². The minimum absolute atomic E-state index is 0.0269. The van der Waals surface area contributed by atoms with E-state index in [1.165, 1.54) is 4.90 Å². The number of imide groups is 1. The molecule has 1 heterocycles. The highest BCUT2D eigenvalue weighted by atomic mass is 16.5. The van der Waals surface area contributed by atoms with Crippen LogP contribution in [0.25, 0.3) is 0 Å². The van der Waals surface area contributed by atoms with Crippen molar-refractivity contribution < 1.29 is 19.1 Å². The van der Waals surface area contributed by atoms with E-state index in [1.807, 2.05) is 0 Å². The van der Waals surface area contributed by atoms with Crippen LogP contribution in [-0.4, -0.2) is 41.4 Å². The number of nitrogens with zero attached hydrogens (tertiary/aromatic N) is 1. The molecule has 20 heavy (non-hydrogen) atoms. The van der Waals surface area contributed by atoms with E-state index in [1.54, 1.807) is 13.8 Å². The summed E-state index contributed by atoms with van der Waals surface area (Å²) in [5, 5.41) is 0. The van der Waals surface area contributed by atoms with Gasteiger partial charge in [0.05, 0.1) is 18.4 Å². The minimum Gasteiger partial charge on any atom is -0.465 e. The average Bonchev–Trinajstić information content (AvgIpc) is 3.13. The molecule has 1 saturated heterocycles. The van der Waals surface area contributed by atoms with Crippen molar-refractivity contribution in [2.75, 3.05) is 13.2 Å². The maximum atomic E-state index is 11.7. The van der Waals surface area contributed by atoms with E-state index in [4.69, 9.17) is 10.5 Å². The van der Waals surface area contributed by atoms with E-state index in [2.05, 4.69) is 0 Å². The molecule has 0 aromatic heterocycles. The lowest BCUT2D eigenvalue weighted by Crippen LogP contribution is -2.46. The van der Waals surface area contributed by atoms with Gasteiger partial charge in [-0.3, -0.25) is 19.3 Å². The van der Waals surface area contributed by atoms with E-state index >= 15 is 0 Å². The topological polar surface area (TPSA) is 89.7 Å². The first kappa shape index (κ1) is 15.0. The van der Waals surface area contributed by atoms with Crippen LogP contribution in [0.5, 0.6) is 0 Å². The summed E-state index contributed by atoms with van der Waals surface area (Å²) in [6.07, 6.45) is 2.56. The van der Waals surface area contributed by atoms with E-state index in [0.29, 0.717) is 32.4 Å². The second-order valence-electron chi connectivity index (χ2n) is 5.87. The molecule has 1 saturated carbocycles. The third-order valence-electron chi connectivity index (χ3n) is 4.03. The quantitative estimate of drug-likeness (QED) is 0.416. The number of piperidine rings is 1. The molecule has 0 spiro atoms. The molecule has 2 fully saturated rings. The summed E-state index contributed by atoms with van der Waals surface area (Å²) in [4.78, 5) is 36.5. The molecule has 0 bridgehead atoms. The van der Waals surface area contributed by atoms with Gasteiger partial charge in [0.1, 0.15) is 5.54 Å². The SMILES string of the molecule is CCOC(=O)C(C)(N)CCCCN1C(=O)C2CC2C1=O. The number of hydrogen-bond acceptors (Lipinski definition) is 5. The van der Waals surface area contributed by atoms with Crippen molar-refractivity contribution in [1.82, 2.24) is 4.90 Å². The Morgan fingerprint density at radius 1 is 1.35 bits per heavy atom. The van der Waals surface area contributed by atoms with E-state index < -0.39 is 11.5 Å². The molecule has 0 aromatic carbocycles. The molecule has 6 heteroatoms. The minimum atomic E-state index is -1.00. The maximum Gasteiger partial charge on any atom is 0.325 e. The van der Waals surface area contributed by atoms with Crippen LogP contribution in [0.4, 0.5) is 0 Å². The van der Waals surface area contributed by atoms with Crippen LogP contribution in [0, 0.1) is 11.8 Å². The summed E-state index contributed by atoms with van der Waals surface area (Å²) in [6.45, 7) is 4.13. The molecule has 2 N–H and O–H groups in total. The fourth-order valence-electron chi connectivity index (χ4n) is 2.63. The smallest absolute Gasteiger partial charge is 0.325 e. The average molecular weight is 282 g/mol. The number of carbonyl (C=O) groups excluding carboxylic acids is 3. The van der Waals surface area contributed by atoms with Crippen LogP contribution in [-0.2, 0) is 19.1 Å². The summed E-state index contributed by atoms with van der Waals surface area (Å²) in [5.74, 6) is -0.542. The third-order valence-corrected chi connectivity index (χ3v) is 4.03. The van der Waals surface area contributed by atoms with Crippen molar-refractivity contribution in [3.63, 3.8) is 0 Å². The first-order chi connectivity index (χ1) is 9.38. The number of ether oxygens (including phenoxy) is 1. The highest BCUT2D eigenvalue weighted by Gasteiger charge is 2.58. The molecule has 3 atom stereocenters. The highest BCUT2D eigenvalue weighted by molar-refractivity contribution is 6.08. The summed E-state index contributed by atoms with van der Waals surface area (Å²) in [7, 11) is 0. The fourth-order valence-corrected chi connectivity index (χ4v) is 2.63. The van der Waals surface area contributed by atoms with Gasteiger partial charge in [-0.15, -0.1) is 0 Å². The van der Waals surface area contributed by atoms with Crippen molar-refractivity contribution in [2.45, 2.75) is 45.1 Å². The summed E-state index contributed by atoms with van der Waals surface area (Å²) in [5.41, 5.74) is 4.90. The summed E-state index contributed by atoms with van der Waals surface area (Å²) >= 11 is 0. The number of amides is 2. The van der Waals surface area contributed by atoms with Gasteiger partial charge in [-0.25, -0.2) is 0 Å². The second-order valence-corrected chi connectivity index (χ2v) is 5.87. The molecular weight excluding hydrogens is 260 g/mol.